The molecule has 0 spiro atoms. The van der Waals surface area contributed by atoms with Crippen LogP contribution in [-0.4, -0.2) is 0 Å². The quantitative estimate of drug-likeness (QED) is 0.583. The van der Waals surface area contributed by atoms with Crippen molar-refractivity contribution in [3.05, 3.63) is 14.9 Å². The predicted octanol–water partition coefficient (Wildman–Crippen LogP) is 0.888. The molecule has 0 saturated carbocycles. The van der Waals surface area contributed by atoms with Crippen molar-refractivity contribution in [2.75, 3.05) is 0 Å². The molecule has 0 unspecified atom stereocenters. The molecule has 0 aliphatic heterocycles. The summed E-state index contributed by atoms with van der Waals surface area (Å²) in [5.74, 6) is 0. The largest absolute Gasteiger partial charge is 2.00 e. The second kappa shape index (κ2) is 73.9. The molecule has 0 aromatic heterocycles. The smallest absolute Gasteiger partial charge is 0.358 e. The molecule has 0 aromatic carbocycles. The van der Waals surface area contributed by atoms with Gasteiger partial charge in [0.2, 0.25) is 0 Å². The monoisotopic (exact) mass is 311 g/mol. The first-order valence-electron chi connectivity index (χ1n) is 0. The van der Waals surface area contributed by atoms with Gasteiger partial charge in [-0.1, -0.05) is 0 Å². The zero-order chi connectivity index (χ0) is 0. The summed E-state index contributed by atoms with van der Waals surface area (Å²) >= 11 is 0. The van der Waals surface area contributed by atoms with Gasteiger partial charge in [-0.25, -0.2) is 0 Å². The average Bonchev–Trinajstić information content (AvgIpc) is 0. The Morgan fingerprint density at radius 1 is 0.571 bits per heavy atom. The minimum Gasteiger partial charge on any atom is -0.358 e. The summed E-state index contributed by atoms with van der Waals surface area (Å²) in [5, 5.41) is 0. The molecule has 7 heavy (non-hydrogen) atoms. The van der Waals surface area contributed by atoms with Crippen LogP contribution in [-0.2, 0) is 85.1 Å². The maximum Gasteiger partial charge on any atom is 2.00 e. The Kier molecular flexibility index (Phi) is 1120. The van der Waals surface area contributed by atoms with Gasteiger partial charge >= 0.3 is 16.8 Å². The molecular formula is C2H6Co3Cr2. The van der Waals surface area contributed by atoms with E-state index in [9.17, 15) is 0 Å². The van der Waals surface area contributed by atoms with Gasteiger partial charge in [0.1, 0.15) is 0 Å². The minimum absolute atomic E-state index is 0. The van der Waals surface area contributed by atoms with E-state index < -0.39 is 0 Å². The molecule has 5 heteroatoms. The summed E-state index contributed by atoms with van der Waals surface area (Å²) in [7, 11) is 0. The number of rotatable bonds is 0. The van der Waals surface area contributed by atoms with Crippen LogP contribution in [0.2, 0.25) is 0 Å². The Bertz CT molecular complexity index is 10.9. The zero-order valence-electron chi connectivity index (χ0n) is 3.82. The van der Waals surface area contributed by atoms with E-state index in [-0.39, 0.29) is 99.9 Å². The molecule has 0 heterocycles. The van der Waals surface area contributed by atoms with E-state index in [4.69, 9.17) is 0 Å². The first-order valence-corrected chi connectivity index (χ1v) is 0. The van der Waals surface area contributed by atoms with Crippen LogP contribution >= 0.6 is 0 Å². The third kappa shape index (κ3) is 55.7. The average molecular weight is 311 g/mol. The van der Waals surface area contributed by atoms with E-state index in [1.165, 1.54) is 0 Å². The van der Waals surface area contributed by atoms with Crippen molar-refractivity contribution in [1.82, 2.24) is 0 Å². The van der Waals surface area contributed by atoms with Crippen molar-refractivity contribution >= 4 is 0 Å². The fraction of sp³-hybridized carbons (Fsp3) is 0. The predicted molar refractivity (Wildman–Crippen MR) is 12.8 cm³/mol. The Balaban J connectivity index is 0. The number of hydrogen-bond donors (Lipinski definition) is 0. The van der Waals surface area contributed by atoms with E-state index in [1.807, 2.05) is 0 Å². The zero-order valence-corrected chi connectivity index (χ0v) is 9.49. The normalized spacial score (nSPS) is 0. The van der Waals surface area contributed by atoms with Gasteiger partial charge in [-0.15, -0.1) is 0 Å². The molecule has 0 aromatic rings. The summed E-state index contributed by atoms with van der Waals surface area (Å²) in [6, 6.07) is 0. The summed E-state index contributed by atoms with van der Waals surface area (Å²) in [4.78, 5) is 0. The first kappa shape index (κ1) is 106. The Morgan fingerprint density at radius 2 is 0.571 bits per heavy atom. The van der Waals surface area contributed by atoms with Gasteiger partial charge in [0.05, 0.1) is 0 Å². The molecule has 53 valence electrons. The van der Waals surface area contributed by atoms with Crippen LogP contribution in [0.1, 0.15) is 0 Å². The van der Waals surface area contributed by atoms with Crippen molar-refractivity contribution in [3.63, 3.8) is 0 Å². The third-order valence-corrected chi connectivity index (χ3v) is 0. The SMILES string of the molecule is [CH3-].[CH3-].[Co+2].[Co].[Co].[Cr].[Cr]. The Morgan fingerprint density at radius 3 is 0.571 bits per heavy atom. The van der Waals surface area contributed by atoms with Crippen LogP contribution in [0.5, 0.6) is 0 Å². The third-order valence-electron chi connectivity index (χ3n) is 0. The van der Waals surface area contributed by atoms with Crippen LogP contribution in [0.4, 0.5) is 0 Å². The topological polar surface area (TPSA) is 0 Å². The second-order valence-electron chi connectivity index (χ2n) is 0. The van der Waals surface area contributed by atoms with E-state index in [0.29, 0.717) is 0 Å². The van der Waals surface area contributed by atoms with Gasteiger partial charge in [0.25, 0.3) is 0 Å². The van der Waals surface area contributed by atoms with Crippen molar-refractivity contribution in [2.45, 2.75) is 0 Å². The van der Waals surface area contributed by atoms with E-state index >= 15 is 0 Å². The molecule has 0 nitrogen and oxygen atoms in total. The number of hydrogen-bond acceptors (Lipinski definition) is 0. The maximum atomic E-state index is 0. The van der Waals surface area contributed by atoms with Crippen LogP contribution in [0.25, 0.3) is 0 Å². The molecule has 0 saturated heterocycles. The minimum atomic E-state index is 0. The molecule has 0 fully saturated rings. The van der Waals surface area contributed by atoms with Crippen LogP contribution in [0, 0.1) is 14.9 Å². The fourth-order valence-electron chi connectivity index (χ4n) is 0. The second-order valence-corrected chi connectivity index (χ2v) is 0. The summed E-state index contributed by atoms with van der Waals surface area (Å²) in [6.45, 7) is 0. The van der Waals surface area contributed by atoms with Crippen LogP contribution in [0.15, 0.2) is 0 Å². The van der Waals surface area contributed by atoms with E-state index in [1.54, 1.807) is 0 Å². The fourth-order valence-corrected chi connectivity index (χ4v) is 0. The first-order chi connectivity index (χ1) is 0. The molecular weight excluding hydrogens is 305 g/mol. The molecule has 3 radical (unpaired) electrons. The molecule has 0 atom stereocenters. The van der Waals surface area contributed by atoms with Crippen molar-refractivity contribution < 1.29 is 85.1 Å². The molecule has 0 aliphatic carbocycles. The summed E-state index contributed by atoms with van der Waals surface area (Å²) in [6.07, 6.45) is 0. The molecule has 0 bridgehead atoms. The van der Waals surface area contributed by atoms with E-state index in [2.05, 4.69) is 0 Å². The summed E-state index contributed by atoms with van der Waals surface area (Å²) < 4.78 is 0. The van der Waals surface area contributed by atoms with Gasteiger partial charge in [-0.05, 0) is 0 Å². The Hall–Kier alpha value is 2.58. The summed E-state index contributed by atoms with van der Waals surface area (Å²) in [5.41, 5.74) is 0. The Labute approximate surface area is 98.8 Å². The maximum absolute atomic E-state index is 0. The van der Waals surface area contributed by atoms with Gasteiger partial charge in [-0.3, -0.25) is 0 Å². The van der Waals surface area contributed by atoms with Crippen LogP contribution in [0.3, 0.4) is 0 Å². The molecule has 0 aliphatic rings. The molecule has 0 amide bonds. The van der Waals surface area contributed by atoms with Crippen molar-refractivity contribution in [2.24, 2.45) is 0 Å². The van der Waals surface area contributed by atoms with Gasteiger partial charge in [0, 0.05) is 68.3 Å². The van der Waals surface area contributed by atoms with Gasteiger partial charge in [0.15, 0.2) is 0 Å². The van der Waals surface area contributed by atoms with E-state index in [0.717, 1.165) is 0 Å². The molecule has 0 N–H and O–H groups in total. The van der Waals surface area contributed by atoms with Crippen LogP contribution < -0.4 is 0 Å². The van der Waals surface area contributed by atoms with Crippen molar-refractivity contribution in [1.29, 1.82) is 0 Å². The van der Waals surface area contributed by atoms with Gasteiger partial charge in [-0.2, -0.15) is 0 Å². The van der Waals surface area contributed by atoms with Crippen molar-refractivity contribution in [3.8, 4) is 0 Å². The molecule has 0 rings (SSSR count). The van der Waals surface area contributed by atoms with Gasteiger partial charge < -0.3 is 14.9 Å². The standard InChI is InChI=1S/2CH3.3Co.2Cr/h2*1H3;;;;;/q2*-1;;;+2;;.